The zero-order chi connectivity index (χ0) is 22.0. The number of methoxy groups -OCH3 is 1. The Balaban J connectivity index is 1.43. The van der Waals surface area contributed by atoms with Gasteiger partial charge < -0.3 is 9.30 Å². The predicted octanol–water partition coefficient (Wildman–Crippen LogP) is 4.19. The number of hydrogen-bond donors (Lipinski definition) is 0. The summed E-state index contributed by atoms with van der Waals surface area (Å²) in [5.74, 6) is 1.28. The molecule has 0 spiro atoms. The van der Waals surface area contributed by atoms with E-state index in [0.717, 1.165) is 43.3 Å². The maximum Gasteiger partial charge on any atom is 0.199 e. The van der Waals surface area contributed by atoms with Crippen LogP contribution in [0.15, 0.2) is 42.5 Å². The third-order valence-electron chi connectivity index (χ3n) is 5.63. The van der Waals surface area contributed by atoms with Crippen molar-refractivity contribution in [2.24, 2.45) is 7.05 Å². The third-order valence-corrected chi connectivity index (χ3v) is 6.47. The van der Waals surface area contributed by atoms with Gasteiger partial charge in [-0.15, -0.1) is 0 Å². The minimum absolute atomic E-state index is 0.251. The molecule has 1 aliphatic rings. The highest BCUT2D eigenvalue weighted by molar-refractivity contribution is 7.71. The zero-order valence-corrected chi connectivity index (χ0v) is 19.2. The highest BCUT2D eigenvalue weighted by atomic mass is 35.5. The highest BCUT2D eigenvalue weighted by Crippen LogP contribution is 2.28. The molecule has 0 radical (unpaired) electrons. The van der Waals surface area contributed by atoms with Gasteiger partial charge in [0.05, 0.1) is 19.3 Å². The smallest absolute Gasteiger partial charge is 0.199 e. The maximum absolute atomic E-state index is 14.1. The summed E-state index contributed by atoms with van der Waals surface area (Å²) in [6, 6.07) is 12.6. The standard InChI is InChI=1S/C22H25ClFN5OS/c1-26-21(16-6-3-4-9-20(16)30-2)25-29(22(26)31)15-28-12-10-27(11-13-28)14-17-18(23)7-5-8-19(17)24/h3-9H,10-15H2,1-2H3. The van der Waals surface area contributed by atoms with Gasteiger partial charge >= 0.3 is 0 Å². The summed E-state index contributed by atoms with van der Waals surface area (Å²) < 4.78 is 24.0. The molecule has 3 aromatic rings. The lowest BCUT2D eigenvalue weighted by Gasteiger charge is -2.34. The Morgan fingerprint density at radius 3 is 2.48 bits per heavy atom. The fourth-order valence-electron chi connectivity index (χ4n) is 3.83. The Kier molecular flexibility index (Phi) is 6.71. The van der Waals surface area contributed by atoms with Gasteiger partial charge in [0.2, 0.25) is 0 Å². The van der Waals surface area contributed by atoms with Gasteiger partial charge in [0, 0.05) is 50.4 Å². The number of para-hydroxylation sites is 1. The first kappa shape index (κ1) is 22.0. The number of ether oxygens (including phenoxy) is 1. The fourth-order valence-corrected chi connectivity index (χ4v) is 4.24. The quantitative estimate of drug-likeness (QED) is 0.514. The van der Waals surface area contributed by atoms with Crippen molar-refractivity contribution in [2.75, 3.05) is 33.3 Å². The summed E-state index contributed by atoms with van der Waals surface area (Å²) in [5.41, 5.74) is 1.47. The average Bonchev–Trinajstić information content (AvgIpc) is 3.06. The van der Waals surface area contributed by atoms with E-state index in [9.17, 15) is 4.39 Å². The molecule has 0 aliphatic carbocycles. The number of hydrogen-bond acceptors (Lipinski definition) is 5. The molecule has 1 aliphatic heterocycles. The van der Waals surface area contributed by atoms with Crippen LogP contribution in [0.3, 0.4) is 0 Å². The average molecular weight is 462 g/mol. The molecule has 2 aromatic carbocycles. The van der Waals surface area contributed by atoms with Crippen molar-refractivity contribution < 1.29 is 9.13 Å². The summed E-state index contributed by atoms with van der Waals surface area (Å²) in [6.45, 7) is 4.45. The van der Waals surface area contributed by atoms with Crippen LogP contribution in [0.1, 0.15) is 5.56 Å². The number of piperazine rings is 1. The van der Waals surface area contributed by atoms with E-state index in [0.29, 0.717) is 28.6 Å². The van der Waals surface area contributed by atoms with E-state index >= 15 is 0 Å². The number of benzene rings is 2. The fraction of sp³-hybridized carbons (Fsp3) is 0.364. The number of rotatable bonds is 6. The van der Waals surface area contributed by atoms with Crippen LogP contribution >= 0.6 is 23.8 Å². The van der Waals surface area contributed by atoms with Crippen LogP contribution in [0, 0.1) is 10.6 Å². The van der Waals surface area contributed by atoms with Gasteiger partial charge in [-0.2, -0.15) is 5.10 Å². The third kappa shape index (κ3) is 4.67. The lowest BCUT2D eigenvalue weighted by atomic mass is 10.2. The SMILES string of the molecule is COc1ccccc1-c1nn(CN2CCN(Cc3c(F)cccc3Cl)CC2)c(=S)n1C. The normalized spacial score (nSPS) is 15.4. The number of nitrogens with zero attached hydrogens (tertiary/aromatic N) is 5. The second kappa shape index (κ2) is 9.48. The van der Waals surface area contributed by atoms with Gasteiger partial charge in [-0.3, -0.25) is 9.80 Å². The van der Waals surface area contributed by atoms with Crippen LogP contribution in [-0.4, -0.2) is 57.4 Å². The van der Waals surface area contributed by atoms with E-state index in [1.165, 1.54) is 6.07 Å². The molecule has 2 heterocycles. The second-order valence-corrected chi connectivity index (χ2v) is 8.37. The van der Waals surface area contributed by atoms with Gasteiger partial charge in [-0.05, 0) is 36.5 Å². The van der Waals surface area contributed by atoms with E-state index < -0.39 is 0 Å². The highest BCUT2D eigenvalue weighted by Gasteiger charge is 2.21. The minimum atomic E-state index is -0.251. The van der Waals surface area contributed by atoms with Crippen molar-refractivity contribution >= 4 is 23.8 Å². The molecule has 0 atom stereocenters. The summed E-state index contributed by atoms with van der Waals surface area (Å²) in [4.78, 5) is 4.52. The molecule has 0 unspecified atom stereocenters. The molecule has 6 nitrogen and oxygen atoms in total. The maximum atomic E-state index is 14.1. The van der Waals surface area contributed by atoms with Gasteiger partial charge in [0.15, 0.2) is 10.6 Å². The lowest BCUT2D eigenvalue weighted by Crippen LogP contribution is -2.46. The molecule has 31 heavy (non-hydrogen) atoms. The van der Waals surface area contributed by atoms with Crippen LogP contribution < -0.4 is 4.74 Å². The van der Waals surface area contributed by atoms with E-state index in [4.69, 9.17) is 33.7 Å². The largest absolute Gasteiger partial charge is 0.496 e. The monoisotopic (exact) mass is 461 g/mol. The number of aromatic nitrogens is 3. The molecule has 0 amide bonds. The molecular formula is C22H25ClFN5OS. The van der Waals surface area contributed by atoms with Gasteiger partial charge in [0.25, 0.3) is 0 Å². The molecule has 9 heteroatoms. The summed E-state index contributed by atoms with van der Waals surface area (Å²) in [5, 5.41) is 5.24. The molecule has 1 saturated heterocycles. The second-order valence-electron chi connectivity index (χ2n) is 7.60. The molecular weight excluding hydrogens is 437 g/mol. The van der Waals surface area contributed by atoms with Crippen molar-refractivity contribution in [3.63, 3.8) is 0 Å². The predicted molar refractivity (Wildman–Crippen MR) is 122 cm³/mol. The molecule has 1 aromatic heterocycles. The molecule has 0 bridgehead atoms. The van der Waals surface area contributed by atoms with Crippen molar-refractivity contribution in [2.45, 2.75) is 13.2 Å². The summed E-state index contributed by atoms with van der Waals surface area (Å²) >= 11 is 11.8. The van der Waals surface area contributed by atoms with Crippen LogP contribution in [0.5, 0.6) is 5.75 Å². The molecule has 164 valence electrons. The van der Waals surface area contributed by atoms with Gasteiger partial charge in [-0.1, -0.05) is 29.8 Å². The van der Waals surface area contributed by atoms with E-state index in [-0.39, 0.29) is 5.82 Å². The molecule has 0 N–H and O–H groups in total. The van der Waals surface area contributed by atoms with Crippen LogP contribution in [0.4, 0.5) is 4.39 Å². The Hall–Kier alpha value is -2.26. The van der Waals surface area contributed by atoms with Crippen LogP contribution in [0.2, 0.25) is 5.02 Å². The van der Waals surface area contributed by atoms with Crippen molar-refractivity contribution in [1.29, 1.82) is 0 Å². The van der Waals surface area contributed by atoms with Crippen molar-refractivity contribution in [1.82, 2.24) is 24.1 Å². The van der Waals surface area contributed by atoms with E-state index in [1.807, 2.05) is 40.6 Å². The lowest BCUT2D eigenvalue weighted by molar-refractivity contribution is 0.0974. The first-order valence-corrected chi connectivity index (χ1v) is 10.9. The van der Waals surface area contributed by atoms with Crippen molar-refractivity contribution in [3.8, 4) is 17.1 Å². The minimum Gasteiger partial charge on any atom is -0.496 e. The summed E-state index contributed by atoms with van der Waals surface area (Å²) in [6.07, 6.45) is 0. The van der Waals surface area contributed by atoms with Crippen LogP contribution in [0.25, 0.3) is 11.4 Å². The van der Waals surface area contributed by atoms with Gasteiger partial charge in [-0.25, -0.2) is 9.07 Å². The van der Waals surface area contributed by atoms with Gasteiger partial charge in [0.1, 0.15) is 11.6 Å². The zero-order valence-electron chi connectivity index (χ0n) is 17.6. The van der Waals surface area contributed by atoms with E-state index in [1.54, 1.807) is 19.2 Å². The van der Waals surface area contributed by atoms with Crippen LogP contribution in [-0.2, 0) is 20.3 Å². The van der Waals surface area contributed by atoms with Crippen molar-refractivity contribution in [3.05, 3.63) is 63.6 Å². The molecule has 0 saturated carbocycles. The summed E-state index contributed by atoms with van der Waals surface area (Å²) in [7, 11) is 3.57. The van der Waals surface area contributed by atoms with E-state index in [2.05, 4.69) is 9.80 Å². The Labute approximate surface area is 191 Å². The first-order chi connectivity index (χ1) is 15.0. The molecule has 4 rings (SSSR count). The topological polar surface area (TPSA) is 38.5 Å². The Morgan fingerprint density at radius 2 is 1.77 bits per heavy atom. The number of halogens is 2. The first-order valence-electron chi connectivity index (χ1n) is 10.1. The Bertz CT molecular complexity index is 1100. The molecule has 1 fully saturated rings. The Morgan fingerprint density at radius 1 is 1.06 bits per heavy atom.